The van der Waals surface area contributed by atoms with Crippen molar-refractivity contribution in [2.24, 2.45) is 0 Å². The van der Waals surface area contributed by atoms with Gasteiger partial charge in [0, 0.05) is 16.0 Å². The van der Waals surface area contributed by atoms with Gasteiger partial charge < -0.3 is 0 Å². The highest BCUT2D eigenvalue weighted by molar-refractivity contribution is 9.08. The number of halogens is 2. The average molecular weight is 311 g/mol. The molecule has 0 spiro atoms. The molecule has 17 heavy (non-hydrogen) atoms. The van der Waals surface area contributed by atoms with Gasteiger partial charge in [0.15, 0.2) is 0 Å². The van der Waals surface area contributed by atoms with E-state index in [1.54, 1.807) is 11.8 Å². The molecule has 0 N–H and O–H groups in total. The molecule has 0 radical (unpaired) electrons. The van der Waals surface area contributed by atoms with Crippen LogP contribution in [0.1, 0.15) is 11.1 Å². The van der Waals surface area contributed by atoms with Gasteiger partial charge >= 0.3 is 0 Å². The monoisotopic (exact) mass is 310 g/mol. The lowest BCUT2D eigenvalue weighted by Gasteiger charge is -2.03. The molecule has 3 heteroatoms. The van der Waals surface area contributed by atoms with E-state index >= 15 is 0 Å². The summed E-state index contributed by atoms with van der Waals surface area (Å²) in [6.45, 7) is 0. The third-order valence-corrected chi connectivity index (χ3v) is 4.13. The quantitative estimate of drug-likeness (QED) is 0.565. The van der Waals surface area contributed by atoms with Gasteiger partial charge in [0.2, 0.25) is 0 Å². The van der Waals surface area contributed by atoms with Crippen molar-refractivity contribution in [1.29, 1.82) is 0 Å². The van der Waals surface area contributed by atoms with Gasteiger partial charge in [-0.25, -0.2) is 4.39 Å². The lowest BCUT2D eigenvalue weighted by atomic mass is 10.2. The van der Waals surface area contributed by atoms with Gasteiger partial charge in [0.1, 0.15) is 5.82 Å². The van der Waals surface area contributed by atoms with E-state index in [0.29, 0.717) is 0 Å². The molecule has 2 rings (SSSR count). The number of rotatable bonds is 4. The molecule has 0 nitrogen and oxygen atoms in total. The molecule has 0 fully saturated rings. The van der Waals surface area contributed by atoms with Crippen molar-refractivity contribution < 1.29 is 4.39 Å². The lowest BCUT2D eigenvalue weighted by molar-refractivity contribution is 0.626. The van der Waals surface area contributed by atoms with Crippen LogP contribution in [0.15, 0.2) is 53.4 Å². The van der Waals surface area contributed by atoms with Crippen molar-refractivity contribution in [2.75, 3.05) is 0 Å². The molecule has 0 atom stereocenters. The third kappa shape index (κ3) is 3.86. The summed E-state index contributed by atoms with van der Waals surface area (Å²) in [5, 5.41) is 0.887. The molecule has 2 aromatic rings. The average Bonchev–Trinajstić information content (AvgIpc) is 2.39. The van der Waals surface area contributed by atoms with E-state index in [2.05, 4.69) is 40.2 Å². The van der Waals surface area contributed by atoms with Crippen molar-refractivity contribution in [3.63, 3.8) is 0 Å². The number of benzene rings is 2. The minimum Gasteiger partial charge on any atom is -0.207 e. The van der Waals surface area contributed by atoms with E-state index in [4.69, 9.17) is 0 Å². The summed E-state index contributed by atoms with van der Waals surface area (Å²) >= 11 is 5.14. The Morgan fingerprint density at radius 2 is 1.47 bits per heavy atom. The summed E-state index contributed by atoms with van der Waals surface area (Å²) in [4.78, 5) is 1.09. The molecular formula is C14H12BrFS. The van der Waals surface area contributed by atoms with E-state index in [0.717, 1.165) is 16.0 Å². The summed E-state index contributed by atoms with van der Waals surface area (Å²) in [6, 6.07) is 15.1. The molecule has 0 amide bonds. The first-order valence-corrected chi connectivity index (χ1v) is 7.41. The minimum atomic E-state index is -0.184. The zero-order valence-corrected chi connectivity index (χ0v) is 11.6. The highest BCUT2D eigenvalue weighted by Crippen LogP contribution is 2.23. The molecule has 88 valence electrons. The van der Waals surface area contributed by atoms with Gasteiger partial charge in [-0.2, -0.15) is 0 Å². The number of thioether (sulfide) groups is 1. The molecule has 2 aromatic carbocycles. The van der Waals surface area contributed by atoms with E-state index in [-0.39, 0.29) is 5.82 Å². The predicted molar refractivity (Wildman–Crippen MR) is 75.0 cm³/mol. The van der Waals surface area contributed by atoms with Gasteiger partial charge in [0.25, 0.3) is 0 Å². The van der Waals surface area contributed by atoms with E-state index in [9.17, 15) is 4.39 Å². The van der Waals surface area contributed by atoms with Crippen LogP contribution in [-0.4, -0.2) is 0 Å². The second-order valence-electron chi connectivity index (χ2n) is 3.69. The Hall–Kier alpha value is -0.800. The molecule has 0 saturated heterocycles. The van der Waals surface area contributed by atoms with Crippen LogP contribution in [0, 0.1) is 5.82 Å². The summed E-state index contributed by atoms with van der Waals surface area (Å²) in [7, 11) is 0. The number of hydrogen-bond donors (Lipinski definition) is 0. The Kier molecular flexibility index (Phi) is 4.63. The first-order valence-electron chi connectivity index (χ1n) is 5.30. The number of alkyl halides is 1. The maximum Gasteiger partial charge on any atom is 0.123 e. The summed E-state index contributed by atoms with van der Waals surface area (Å²) in [5.41, 5.74) is 2.56. The van der Waals surface area contributed by atoms with Crippen LogP contribution in [-0.2, 0) is 11.1 Å². The standard InChI is InChI=1S/C14H12BrFS/c15-9-11-1-3-12(4-2-11)10-17-14-7-5-13(16)6-8-14/h1-8H,9-10H2. The first kappa shape index (κ1) is 12.7. The zero-order valence-electron chi connectivity index (χ0n) is 9.20. The van der Waals surface area contributed by atoms with Crippen molar-refractivity contribution in [3.05, 3.63) is 65.5 Å². The van der Waals surface area contributed by atoms with Crippen molar-refractivity contribution in [1.82, 2.24) is 0 Å². The molecule has 0 aliphatic heterocycles. The fraction of sp³-hybridized carbons (Fsp3) is 0.143. The summed E-state index contributed by atoms with van der Waals surface area (Å²) in [5.74, 6) is 0.727. The smallest absolute Gasteiger partial charge is 0.123 e. The largest absolute Gasteiger partial charge is 0.207 e. The molecule has 0 bridgehead atoms. The van der Waals surface area contributed by atoms with E-state index in [1.165, 1.54) is 23.3 Å². The Bertz CT molecular complexity index is 465. The van der Waals surface area contributed by atoms with Crippen molar-refractivity contribution in [3.8, 4) is 0 Å². The van der Waals surface area contributed by atoms with Crippen LogP contribution in [0.2, 0.25) is 0 Å². The molecule has 0 heterocycles. The Labute approximate surface area is 113 Å². The van der Waals surface area contributed by atoms with Crippen LogP contribution in [0.3, 0.4) is 0 Å². The van der Waals surface area contributed by atoms with Crippen LogP contribution >= 0.6 is 27.7 Å². The van der Waals surface area contributed by atoms with Crippen LogP contribution in [0.25, 0.3) is 0 Å². The van der Waals surface area contributed by atoms with Crippen LogP contribution in [0.5, 0.6) is 0 Å². The lowest BCUT2D eigenvalue weighted by Crippen LogP contribution is -1.83. The zero-order chi connectivity index (χ0) is 12.1. The minimum absolute atomic E-state index is 0.184. The molecule has 0 aliphatic rings. The van der Waals surface area contributed by atoms with Crippen LogP contribution < -0.4 is 0 Å². The molecule has 0 aliphatic carbocycles. The highest BCUT2D eigenvalue weighted by Gasteiger charge is 1.97. The molecule has 0 aromatic heterocycles. The summed E-state index contributed by atoms with van der Waals surface area (Å²) < 4.78 is 12.7. The van der Waals surface area contributed by atoms with E-state index < -0.39 is 0 Å². The first-order chi connectivity index (χ1) is 8.28. The second kappa shape index (κ2) is 6.22. The fourth-order valence-corrected chi connectivity index (χ4v) is 2.65. The second-order valence-corrected chi connectivity index (χ2v) is 5.30. The predicted octanol–water partition coefficient (Wildman–Crippen LogP) is 5.01. The Balaban J connectivity index is 1.95. The van der Waals surface area contributed by atoms with Gasteiger partial charge in [-0.05, 0) is 35.4 Å². The maximum absolute atomic E-state index is 12.7. The van der Waals surface area contributed by atoms with Crippen molar-refractivity contribution >= 4 is 27.7 Å². The van der Waals surface area contributed by atoms with Gasteiger partial charge in [-0.1, -0.05) is 40.2 Å². The Morgan fingerprint density at radius 3 is 2.06 bits per heavy atom. The van der Waals surface area contributed by atoms with Gasteiger partial charge in [-0.3, -0.25) is 0 Å². The summed E-state index contributed by atoms with van der Waals surface area (Å²) in [6.07, 6.45) is 0. The van der Waals surface area contributed by atoms with Crippen LogP contribution in [0.4, 0.5) is 4.39 Å². The Morgan fingerprint density at radius 1 is 0.882 bits per heavy atom. The maximum atomic E-state index is 12.7. The van der Waals surface area contributed by atoms with E-state index in [1.807, 2.05) is 12.1 Å². The van der Waals surface area contributed by atoms with Gasteiger partial charge in [0.05, 0.1) is 0 Å². The normalized spacial score (nSPS) is 10.5. The van der Waals surface area contributed by atoms with Crippen molar-refractivity contribution in [2.45, 2.75) is 16.0 Å². The van der Waals surface area contributed by atoms with Gasteiger partial charge in [-0.15, -0.1) is 11.8 Å². The third-order valence-electron chi connectivity index (χ3n) is 2.40. The highest BCUT2D eigenvalue weighted by atomic mass is 79.9. The fourth-order valence-electron chi connectivity index (χ4n) is 1.42. The number of hydrogen-bond acceptors (Lipinski definition) is 1. The molecule has 0 unspecified atom stereocenters. The SMILES string of the molecule is Fc1ccc(SCc2ccc(CBr)cc2)cc1. The molecular weight excluding hydrogens is 299 g/mol. The topological polar surface area (TPSA) is 0 Å². The molecule has 0 saturated carbocycles.